The predicted octanol–water partition coefficient (Wildman–Crippen LogP) is 6.39. The van der Waals surface area contributed by atoms with Crippen molar-refractivity contribution < 1.29 is 19.4 Å². The van der Waals surface area contributed by atoms with E-state index in [9.17, 15) is 14.7 Å². The van der Waals surface area contributed by atoms with Gasteiger partial charge in [-0.3, -0.25) is 14.5 Å². The number of fused-ring (bicyclic) bond motifs is 1. The van der Waals surface area contributed by atoms with Gasteiger partial charge in [-0.2, -0.15) is 0 Å². The average Bonchev–Trinajstić information content (AvgIpc) is 3.37. The number of carbonyl (C=O) groups excluding carboxylic acids is 2. The lowest BCUT2D eigenvalue weighted by molar-refractivity contribution is -0.132. The maximum atomic E-state index is 13.4. The number of thiazole rings is 1. The third kappa shape index (κ3) is 4.24. The van der Waals surface area contributed by atoms with Crippen LogP contribution >= 0.6 is 27.3 Å². The van der Waals surface area contributed by atoms with Crippen LogP contribution in [0.5, 0.6) is 5.75 Å². The lowest BCUT2D eigenvalue weighted by Gasteiger charge is -2.23. The summed E-state index contributed by atoms with van der Waals surface area (Å²) in [6.45, 7) is 4.39. The van der Waals surface area contributed by atoms with E-state index < -0.39 is 17.7 Å². The number of ether oxygens (including phenoxy) is 1. The zero-order valence-corrected chi connectivity index (χ0v) is 21.4. The van der Waals surface area contributed by atoms with E-state index in [0.717, 1.165) is 20.3 Å². The molecule has 1 aliphatic heterocycles. The summed E-state index contributed by atoms with van der Waals surface area (Å²) < 4.78 is 7.26. The number of aliphatic hydroxyl groups is 1. The first-order chi connectivity index (χ1) is 16.9. The van der Waals surface area contributed by atoms with Crippen LogP contribution in [0.2, 0.25) is 0 Å². The summed E-state index contributed by atoms with van der Waals surface area (Å²) in [5.41, 5.74) is 2.97. The van der Waals surface area contributed by atoms with Gasteiger partial charge in [0.15, 0.2) is 5.13 Å². The number of ketones is 1. The Balaban J connectivity index is 1.68. The molecule has 0 saturated carbocycles. The molecule has 6 nitrogen and oxygen atoms in total. The van der Waals surface area contributed by atoms with E-state index in [2.05, 4.69) is 20.9 Å². The largest absolute Gasteiger partial charge is 0.507 e. The highest BCUT2D eigenvalue weighted by Crippen LogP contribution is 2.44. The zero-order chi connectivity index (χ0) is 24.7. The van der Waals surface area contributed by atoms with Crippen molar-refractivity contribution in [2.45, 2.75) is 19.9 Å². The first-order valence-corrected chi connectivity index (χ1v) is 12.6. The molecule has 4 aromatic rings. The van der Waals surface area contributed by atoms with Gasteiger partial charge in [-0.15, -0.1) is 0 Å². The number of Topliss-reactive ketones (excluding diaryl/α,β-unsaturated/α-hetero) is 1. The standard InChI is InChI=1S/C27H21BrN2O4S/c1-3-34-19-11-7-17(8-12-19)24(31)22-23(16-5-9-18(28)10-6-16)30(26(33)25(22)32)27-29-20-13-4-15(2)14-21(20)35-27/h4-14,23,31H,3H2,1-2H3. The Labute approximate surface area is 214 Å². The SMILES string of the molecule is CCOc1ccc(C(O)=C2C(=O)C(=O)N(c3nc4ccc(C)cc4s3)C2c2ccc(Br)cc2)cc1. The quantitative estimate of drug-likeness (QED) is 0.177. The van der Waals surface area contributed by atoms with Gasteiger partial charge in [-0.05, 0) is 73.5 Å². The van der Waals surface area contributed by atoms with Crippen molar-refractivity contribution in [3.63, 3.8) is 0 Å². The second-order valence-corrected chi connectivity index (χ2v) is 10.1. The van der Waals surface area contributed by atoms with Gasteiger partial charge in [0.1, 0.15) is 11.5 Å². The van der Waals surface area contributed by atoms with Gasteiger partial charge in [-0.25, -0.2) is 4.98 Å². The van der Waals surface area contributed by atoms with Crippen LogP contribution in [0.3, 0.4) is 0 Å². The van der Waals surface area contributed by atoms with Gasteiger partial charge < -0.3 is 9.84 Å². The summed E-state index contributed by atoms with van der Waals surface area (Å²) in [6.07, 6.45) is 0. The number of aromatic nitrogens is 1. The maximum absolute atomic E-state index is 13.4. The van der Waals surface area contributed by atoms with Gasteiger partial charge in [0, 0.05) is 10.0 Å². The molecule has 1 atom stereocenters. The third-order valence-electron chi connectivity index (χ3n) is 5.81. The lowest BCUT2D eigenvalue weighted by Crippen LogP contribution is -2.29. The molecule has 0 bridgehead atoms. The minimum atomic E-state index is -0.823. The van der Waals surface area contributed by atoms with Crippen LogP contribution in [0.4, 0.5) is 5.13 Å². The third-order valence-corrected chi connectivity index (χ3v) is 7.35. The molecule has 1 amide bonds. The molecule has 5 rings (SSSR count). The highest BCUT2D eigenvalue weighted by molar-refractivity contribution is 9.10. The molecular formula is C27H21BrN2O4S. The Bertz CT molecular complexity index is 1480. The Hall–Kier alpha value is -3.49. The van der Waals surface area contributed by atoms with Gasteiger partial charge in [0.2, 0.25) is 0 Å². The topological polar surface area (TPSA) is 79.7 Å². The lowest BCUT2D eigenvalue weighted by atomic mass is 9.95. The normalized spacial score (nSPS) is 17.3. The number of aliphatic hydroxyl groups excluding tert-OH is 1. The second-order valence-electron chi connectivity index (χ2n) is 8.15. The molecule has 0 spiro atoms. The van der Waals surface area contributed by atoms with Crippen LogP contribution in [0.1, 0.15) is 29.7 Å². The van der Waals surface area contributed by atoms with Crippen LogP contribution in [0, 0.1) is 6.92 Å². The van der Waals surface area contributed by atoms with Crippen molar-refractivity contribution in [2.75, 3.05) is 11.5 Å². The number of halogens is 1. The number of anilines is 1. The van der Waals surface area contributed by atoms with E-state index in [-0.39, 0.29) is 11.3 Å². The fourth-order valence-corrected chi connectivity index (χ4v) is 5.50. The summed E-state index contributed by atoms with van der Waals surface area (Å²) >= 11 is 4.78. The van der Waals surface area contributed by atoms with Crippen molar-refractivity contribution in [1.29, 1.82) is 0 Å². The Morgan fingerprint density at radius 2 is 1.80 bits per heavy atom. The molecule has 1 unspecified atom stereocenters. The number of nitrogens with zero attached hydrogens (tertiary/aromatic N) is 2. The van der Waals surface area contributed by atoms with Crippen LogP contribution < -0.4 is 9.64 Å². The molecule has 1 aromatic heterocycles. The summed E-state index contributed by atoms with van der Waals surface area (Å²) in [5.74, 6) is -1.06. The highest BCUT2D eigenvalue weighted by atomic mass is 79.9. The summed E-state index contributed by atoms with van der Waals surface area (Å²) in [5, 5.41) is 11.7. The summed E-state index contributed by atoms with van der Waals surface area (Å²) in [4.78, 5) is 32.7. The first-order valence-electron chi connectivity index (χ1n) is 11.0. The minimum absolute atomic E-state index is 0.0249. The number of benzene rings is 3. The van der Waals surface area contributed by atoms with Crippen LogP contribution in [0.25, 0.3) is 16.0 Å². The fourth-order valence-electron chi connectivity index (χ4n) is 4.14. The molecule has 2 heterocycles. The van der Waals surface area contributed by atoms with Gasteiger partial charge >= 0.3 is 5.91 Å². The van der Waals surface area contributed by atoms with E-state index in [4.69, 9.17) is 4.74 Å². The number of hydrogen-bond acceptors (Lipinski definition) is 6. The smallest absolute Gasteiger partial charge is 0.301 e. The number of aryl methyl sites for hydroxylation is 1. The van der Waals surface area contributed by atoms with Crippen molar-refractivity contribution in [3.8, 4) is 5.75 Å². The minimum Gasteiger partial charge on any atom is -0.507 e. The molecule has 0 radical (unpaired) electrons. The number of amides is 1. The zero-order valence-electron chi connectivity index (χ0n) is 19.0. The van der Waals surface area contributed by atoms with Crippen molar-refractivity contribution >= 4 is 60.1 Å². The predicted molar refractivity (Wildman–Crippen MR) is 141 cm³/mol. The summed E-state index contributed by atoms with van der Waals surface area (Å²) in [6, 6.07) is 19.2. The van der Waals surface area contributed by atoms with Crippen LogP contribution in [0.15, 0.2) is 76.8 Å². The second kappa shape index (κ2) is 9.28. The molecule has 1 saturated heterocycles. The number of rotatable bonds is 5. The maximum Gasteiger partial charge on any atom is 0.301 e. The highest BCUT2D eigenvalue weighted by Gasteiger charge is 2.48. The summed E-state index contributed by atoms with van der Waals surface area (Å²) in [7, 11) is 0. The molecule has 1 aliphatic rings. The van der Waals surface area contributed by atoms with E-state index in [1.54, 1.807) is 24.3 Å². The Morgan fingerprint density at radius 3 is 2.49 bits per heavy atom. The molecule has 35 heavy (non-hydrogen) atoms. The molecule has 1 N–H and O–H groups in total. The van der Waals surface area contributed by atoms with E-state index in [1.807, 2.05) is 56.3 Å². The van der Waals surface area contributed by atoms with Crippen molar-refractivity contribution in [1.82, 2.24) is 4.98 Å². The average molecular weight is 549 g/mol. The van der Waals surface area contributed by atoms with Gasteiger partial charge in [0.05, 0.1) is 28.4 Å². The van der Waals surface area contributed by atoms with Gasteiger partial charge in [-0.1, -0.05) is 45.5 Å². The first kappa shape index (κ1) is 23.3. The number of hydrogen-bond donors (Lipinski definition) is 1. The van der Waals surface area contributed by atoms with E-state index in [0.29, 0.717) is 28.6 Å². The Morgan fingerprint density at radius 1 is 1.09 bits per heavy atom. The fraction of sp³-hybridized carbons (Fsp3) is 0.148. The van der Waals surface area contributed by atoms with Crippen LogP contribution in [-0.2, 0) is 9.59 Å². The van der Waals surface area contributed by atoms with E-state index >= 15 is 0 Å². The van der Waals surface area contributed by atoms with Crippen molar-refractivity contribution in [2.24, 2.45) is 0 Å². The molecule has 1 fully saturated rings. The van der Waals surface area contributed by atoms with Crippen LogP contribution in [-0.4, -0.2) is 28.4 Å². The molecule has 3 aromatic carbocycles. The monoisotopic (exact) mass is 548 g/mol. The number of carbonyl (C=O) groups is 2. The molecule has 0 aliphatic carbocycles. The van der Waals surface area contributed by atoms with E-state index in [1.165, 1.54) is 16.2 Å². The molecular weight excluding hydrogens is 528 g/mol. The van der Waals surface area contributed by atoms with Gasteiger partial charge in [0.25, 0.3) is 5.78 Å². The molecule has 8 heteroatoms. The molecule has 176 valence electrons. The Kier molecular flexibility index (Phi) is 6.17. The van der Waals surface area contributed by atoms with Crippen molar-refractivity contribution in [3.05, 3.63) is 93.5 Å².